The fourth-order valence-corrected chi connectivity index (χ4v) is 3.96. The van der Waals surface area contributed by atoms with Gasteiger partial charge in [0.25, 0.3) is 0 Å². The molecule has 0 amide bonds. The third kappa shape index (κ3) is 2.65. The van der Waals surface area contributed by atoms with Gasteiger partial charge in [-0.05, 0) is 40.0 Å². The van der Waals surface area contributed by atoms with Crippen LogP contribution in [-0.2, 0) is 25.3 Å². The number of nitrogens with one attached hydrogen (secondary N) is 1. The van der Waals surface area contributed by atoms with E-state index >= 15 is 0 Å². The maximum atomic E-state index is 6.18. The average Bonchev–Trinajstić information content (AvgIpc) is 2.69. The molecule has 3 rings (SSSR count). The first-order valence-corrected chi connectivity index (χ1v) is 8.40. The lowest BCUT2D eigenvalue weighted by molar-refractivity contribution is 0.269. The monoisotopic (exact) mass is 367 g/mol. The molecule has 1 aliphatic heterocycles. The molecule has 0 aliphatic carbocycles. The standard InChI is InChI=1S/C16H19BrClN3/c1-3-13-15(17)14(21(2)20-13)8-16(9-19-10-16)11-5-4-6-12(18)7-11/h4-7,19H,3,8-10H2,1-2H3. The Morgan fingerprint density at radius 1 is 1.43 bits per heavy atom. The van der Waals surface area contributed by atoms with Gasteiger partial charge in [-0.15, -0.1) is 0 Å². The molecule has 1 aromatic heterocycles. The molecule has 0 saturated carbocycles. The molecule has 1 saturated heterocycles. The van der Waals surface area contributed by atoms with Crippen molar-refractivity contribution in [1.29, 1.82) is 0 Å². The van der Waals surface area contributed by atoms with Gasteiger partial charge < -0.3 is 5.32 Å². The number of benzene rings is 1. The smallest absolute Gasteiger partial charge is 0.0766 e. The molecule has 1 N–H and O–H groups in total. The lowest BCUT2D eigenvalue weighted by Gasteiger charge is -2.43. The van der Waals surface area contributed by atoms with Crippen LogP contribution in [0.1, 0.15) is 23.9 Å². The summed E-state index contributed by atoms with van der Waals surface area (Å²) < 4.78 is 3.16. The Morgan fingerprint density at radius 3 is 2.71 bits per heavy atom. The van der Waals surface area contributed by atoms with Gasteiger partial charge in [0.15, 0.2) is 0 Å². The van der Waals surface area contributed by atoms with E-state index in [4.69, 9.17) is 11.6 Å². The molecule has 0 atom stereocenters. The lowest BCUT2D eigenvalue weighted by Crippen LogP contribution is -2.58. The zero-order valence-corrected chi connectivity index (χ0v) is 14.6. The van der Waals surface area contributed by atoms with Crippen LogP contribution in [0.2, 0.25) is 5.02 Å². The van der Waals surface area contributed by atoms with Crippen molar-refractivity contribution in [2.45, 2.75) is 25.2 Å². The SMILES string of the molecule is CCc1nn(C)c(CC2(c3cccc(Cl)c3)CNC2)c1Br. The predicted molar refractivity (Wildman–Crippen MR) is 90.0 cm³/mol. The number of aromatic nitrogens is 2. The Labute approximate surface area is 138 Å². The van der Waals surface area contributed by atoms with Gasteiger partial charge in [0.1, 0.15) is 0 Å². The van der Waals surface area contributed by atoms with Crippen LogP contribution in [0.5, 0.6) is 0 Å². The Kier molecular flexibility index (Phi) is 4.12. The molecule has 1 aliphatic rings. The number of rotatable bonds is 4. The van der Waals surface area contributed by atoms with Crippen LogP contribution in [0.15, 0.2) is 28.7 Å². The quantitative estimate of drug-likeness (QED) is 0.895. The van der Waals surface area contributed by atoms with Crippen molar-refractivity contribution >= 4 is 27.5 Å². The summed E-state index contributed by atoms with van der Waals surface area (Å²) in [6.07, 6.45) is 1.90. The van der Waals surface area contributed by atoms with Crippen molar-refractivity contribution in [3.63, 3.8) is 0 Å². The maximum Gasteiger partial charge on any atom is 0.0766 e. The minimum atomic E-state index is 0.117. The Morgan fingerprint density at radius 2 is 2.19 bits per heavy atom. The van der Waals surface area contributed by atoms with E-state index in [1.807, 2.05) is 23.9 Å². The molecule has 2 heterocycles. The number of aryl methyl sites for hydroxylation is 2. The van der Waals surface area contributed by atoms with Gasteiger partial charge in [-0.1, -0.05) is 30.7 Å². The summed E-state index contributed by atoms with van der Waals surface area (Å²) in [4.78, 5) is 0. The van der Waals surface area contributed by atoms with E-state index in [-0.39, 0.29) is 5.41 Å². The Hall–Kier alpha value is -0.840. The van der Waals surface area contributed by atoms with Crippen molar-refractivity contribution in [3.8, 4) is 0 Å². The number of hydrogen-bond donors (Lipinski definition) is 1. The molecule has 112 valence electrons. The van der Waals surface area contributed by atoms with E-state index in [9.17, 15) is 0 Å². The molecular formula is C16H19BrClN3. The van der Waals surface area contributed by atoms with Gasteiger partial charge in [0.05, 0.1) is 15.9 Å². The number of hydrogen-bond acceptors (Lipinski definition) is 2. The van der Waals surface area contributed by atoms with Crippen LogP contribution in [0, 0.1) is 0 Å². The zero-order chi connectivity index (χ0) is 15.0. The first kappa shape index (κ1) is 15.1. The largest absolute Gasteiger partial charge is 0.315 e. The van der Waals surface area contributed by atoms with Gasteiger partial charge in [-0.25, -0.2) is 0 Å². The van der Waals surface area contributed by atoms with Crippen LogP contribution in [0.25, 0.3) is 0 Å². The molecular weight excluding hydrogens is 350 g/mol. The van der Waals surface area contributed by atoms with E-state index in [1.165, 1.54) is 11.3 Å². The molecule has 2 aromatic rings. The first-order valence-electron chi connectivity index (χ1n) is 7.23. The van der Waals surface area contributed by atoms with Gasteiger partial charge in [0, 0.05) is 37.0 Å². The number of halogens is 2. The van der Waals surface area contributed by atoms with Crippen LogP contribution in [0.4, 0.5) is 0 Å². The van der Waals surface area contributed by atoms with Crippen LogP contribution in [0.3, 0.4) is 0 Å². The minimum Gasteiger partial charge on any atom is -0.315 e. The molecule has 1 aromatic carbocycles. The Balaban J connectivity index is 1.97. The molecule has 0 unspecified atom stereocenters. The summed E-state index contributed by atoms with van der Waals surface area (Å²) in [5.74, 6) is 0. The second kappa shape index (κ2) is 5.75. The van der Waals surface area contributed by atoms with Crippen molar-refractivity contribution < 1.29 is 0 Å². The zero-order valence-electron chi connectivity index (χ0n) is 12.3. The second-order valence-corrected chi connectivity index (χ2v) is 6.98. The predicted octanol–water partition coefficient (Wildman–Crippen LogP) is 3.48. The van der Waals surface area contributed by atoms with Gasteiger partial charge in [0.2, 0.25) is 0 Å². The molecule has 0 radical (unpaired) electrons. The van der Waals surface area contributed by atoms with E-state index in [1.54, 1.807) is 0 Å². The molecule has 0 bridgehead atoms. The number of nitrogens with zero attached hydrogens (tertiary/aromatic N) is 2. The van der Waals surface area contributed by atoms with E-state index in [0.29, 0.717) is 0 Å². The molecule has 1 fully saturated rings. The van der Waals surface area contributed by atoms with Gasteiger partial charge >= 0.3 is 0 Å². The normalized spacial score (nSPS) is 16.8. The van der Waals surface area contributed by atoms with Crippen molar-refractivity contribution in [1.82, 2.24) is 15.1 Å². The fourth-order valence-electron chi connectivity index (χ4n) is 3.01. The highest BCUT2D eigenvalue weighted by Crippen LogP contribution is 2.36. The second-order valence-electron chi connectivity index (χ2n) is 5.76. The van der Waals surface area contributed by atoms with Crippen molar-refractivity contribution in [2.24, 2.45) is 7.05 Å². The Bertz CT molecular complexity index is 662. The van der Waals surface area contributed by atoms with Crippen LogP contribution < -0.4 is 5.32 Å². The summed E-state index contributed by atoms with van der Waals surface area (Å²) >= 11 is 9.90. The van der Waals surface area contributed by atoms with Crippen molar-refractivity contribution in [2.75, 3.05) is 13.1 Å². The van der Waals surface area contributed by atoms with Crippen LogP contribution in [-0.4, -0.2) is 22.9 Å². The summed E-state index contributed by atoms with van der Waals surface area (Å²) in [5.41, 5.74) is 3.81. The van der Waals surface area contributed by atoms with Crippen molar-refractivity contribution in [3.05, 3.63) is 50.7 Å². The fraction of sp³-hybridized carbons (Fsp3) is 0.438. The summed E-state index contributed by atoms with van der Waals surface area (Å²) in [5, 5.41) is 8.82. The third-order valence-electron chi connectivity index (χ3n) is 4.37. The van der Waals surface area contributed by atoms with E-state index < -0.39 is 0 Å². The van der Waals surface area contributed by atoms with E-state index in [0.717, 1.165) is 41.1 Å². The highest BCUT2D eigenvalue weighted by Gasteiger charge is 2.40. The van der Waals surface area contributed by atoms with E-state index in [2.05, 4.69) is 45.4 Å². The third-order valence-corrected chi connectivity index (χ3v) is 5.52. The molecule has 5 heteroatoms. The summed E-state index contributed by atoms with van der Waals surface area (Å²) in [6.45, 7) is 4.09. The summed E-state index contributed by atoms with van der Waals surface area (Å²) in [7, 11) is 2.02. The van der Waals surface area contributed by atoms with Crippen LogP contribution >= 0.6 is 27.5 Å². The average molecular weight is 369 g/mol. The first-order chi connectivity index (χ1) is 10.1. The van der Waals surface area contributed by atoms with Gasteiger partial charge in [-0.2, -0.15) is 5.10 Å². The minimum absolute atomic E-state index is 0.117. The highest BCUT2D eigenvalue weighted by molar-refractivity contribution is 9.10. The molecule has 0 spiro atoms. The lowest BCUT2D eigenvalue weighted by atomic mass is 9.72. The maximum absolute atomic E-state index is 6.18. The summed E-state index contributed by atoms with van der Waals surface area (Å²) in [6, 6.07) is 8.23. The highest BCUT2D eigenvalue weighted by atomic mass is 79.9. The molecule has 21 heavy (non-hydrogen) atoms. The van der Waals surface area contributed by atoms with Gasteiger partial charge in [-0.3, -0.25) is 4.68 Å². The topological polar surface area (TPSA) is 29.9 Å². The molecule has 3 nitrogen and oxygen atoms in total.